The van der Waals surface area contributed by atoms with Crippen molar-refractivity contribution in [2.75, 3.05) is 24.3 Å². The van der Waals surface area contributed by atoms with Gasteiger partial charge in [0.05, 0.1) is 5.56 Å². The van der Waals surface area contributed by atoms with Crippen molar-refractivity contribution in [1.29, 1.82) is 0 Å². The molecule has 0 saturated carbocycles. The van der Waals surface area contributed by atoms with Gasteiger partial charge >= 0.3 is 5.97 Å². The minimum absolute atomic E-state index is 0.194. The van der Waals surface area contributed by atoms with Crippen molar-refractivity contribution in [3.05, 3.63) is 78.4 Å². The summed E-state index contributed by atoms with van der Waals surface area (Å²) in [6.45, 7) is 1.53. The number of ether oxygens (including phenoxy) is 1. The Balaban J connectivity index is 1.59. The lowest BCUT2D eigenvalue weighted by atomic mass is 10.0. The van der Waals surface area contributed by atoms with Crippen LogP contribution in [0.2, 0.25) is 0 Å². The SMILES string of the molecule is C[C@H](OC(=O)c1ccc(-c2ccc(O)cc2)cc1)C(=O)Nc1ccc(N(C)C)cc1. The molecule has 0 spiro atoms. The third-order valence-corrected chi connectivity index (χ3v) is 4.63. The predicted molar refractivity (Wildman–Crippen MR) is 118 cm³/mol. The number of benzene rings is 3. The molecule has 0 aliphatic carbocycles. The van der Waals surface area contributed by atoms with E-state index in [0.29, 0.717) is 11.3 Å². The maximum absolute atomic E-state index is 12.4. The van der Waals surface area contributed by atoms with Gasteiger partial charge in [0, 0.05) is 25.5 Å². The fourth-order valence-electron chi connectivity index (χ4n) is 2.82. The van der Waals surface area contributed by atoms with Gasteiger partial charge < -0.3 is 20.1 Å². The predicted octanol–water partition coefficient (Wildman–Crippen LogP) is 4.31. The lowest BCUT2D eigenvalue weighted by Gasteiger charge is -2.15. The molecule has 6 nitrogen and oxygen atoms in total. The molecule has 2 N–H and O–H groups in total. The van der Waals surface area contributed by atoms with Crippen LogP contribution in [0.1, 0.15) is 17.3 Å². The lowest BCUT2D eigenvalue weighted by molar-refractivity contribution is -0.123. The van der Waals surface area contributed by atoms with Crippen LogP contribution < -0.4 is 10.2 Å². The molecule has 0 aromatic heterocycles. The molecular formula is C24H24N2O4. The molecule has 0 aliphatic heterocycles. The number of phenolic OH excluding ortho intramolecular Hbond substituents is 1. The van der Waals surface area contributed by atoms with E-state index >= 15 is 0 Å². The summed E-state index contributed by atoms with van der Waals surface area (Å²) in [5.41, 5.74) is 3.82. The average molecular weight is 404 g/mol. The Morgan fingerprint density at radius 3 is 1.93 bits per heavy atom. The van der Waals surface area contributed by atoms with Crippen molar-refractivity contribution >= 4 is 23.3 Å². The Morgan fingerprint density at radius 2 is 1.40 bits per heavy atom. The first kappa shape index (κ1) is 20.9. The smallest absolute Gasteiger partial charge is 0.338 e. The Kier molecular flexibility index (Phi) is 6.37. The molecule has 1 atom stereocenters. The number of aromatic hydroxyl groups is 1. The highest BCUT2D eigenvalue weighted by Gasteiger charge is 2.19. The standard InChI is InChI=1S/C24H24N2O4/c1-16(23(28)25-20-10-12-21(13-11-20)26(2)3)30-24(29)19-6-4-17(5-7-19)18-8-14-22(27)15-9-18/h4-16,27H,1-3H3,(H,25,28)/t16-/m0/s1. The van der Waals surface area contributed by atoms with Crippen LogP contribution in [-0.2, 0) is 9.53 Å². The fourth-order valence-corrected chi connectivity index (χ4v) is 2.82. The molecule has 154 valence electrons. The highest BCUT2D eigenvalue weighted by atomic mass is 16.5. The van der Waals surface area contributed by atoms with Crippen molar-refractivity contribution in [1.82, 2.24) is 0 Å². The van der Waals surface area contributed by atoms with Crippen LogP contribution in [0.4, 0.5) is 11.4 Å². The van der Waals surface area contributed by atoms with E-state index in [1.807, 2.05) is 31.1 Å². The summed E-state index contributed by atoms with van der Waals surface area (Å²) in [5, 5.41) is 12.1. The number of carbonyl (C=O) groups excluding carboxylic acids is 2. The van der Waals surface area contributed by atoms with Gasteiger partial charge in [0.1, 0.15) is 5.75 Å². The summed E-state index contributed by atoms with van der Waals surface area (Å²) in [4.78, 5) is 26.7. The van der Waals surface area contributed by atoms with Crippen LogP contribution in [0.3, 0.4) is 0 Å². The number of hydrogen-bond donors (Lipinski definition) is 2. The topological polar surface area (TPSA) is 78.9 Å². The molecule has 3 aromatic rings. The Morgan fingerprint density at radius 1 is 0.867 bits per heavy atom. The van der Waals surface area contributed by atoms with Gasteiger partial charge in [-0.3, -0.25) is 4.79 Å². The van der Waals surface area contributed by atoms with E-state index in [4.69, 9.17) is 4.74 Å². The van der Waals surface area contributed by atoms with Gasteiger partial charge in [-0.25, -0.2) is 4.79 Å². The third-order valence-electron chi connectivity index (χ3n) is 4.63. The maximum atomic E-state index is 12.4. The largest absolute Gasteiger partial charge is 0.508 e. The quantitative estimate of drug-likeness (QED) is 0.599. The Bertz CT molecular complexity index is 1010. The summed E-state index contributed by atoms with van der Waals surface area (Å²) in [5.74, 6) is -0.778. The van der Waals surface area contributed by atoms with Crippen molar-refractivity contribution < 1.29 is 19.4 Å². The van der Waals surface area contributed by atoms with E-state index in [2.05, 4.69) is 5.32 Å². The number of anilines is 2. The number of carbonyl (C=O) groups is 2. The number of amides is 1. The van der Waals surface area contributed by atoms with Gasteiger partial charge in [-0.1, -0.05) is 24.3 Å². The maximum Gasteiger partial charge on any atom is 0.338 e. The summed E-state index contributed by atoms with van der Waals surface area (Å²) >= 11 is 0. The first-order chi connectivity index (χ1) is 14.3. The van der Waals surface area contributed by atoms with Crippen LogP contribution in [0, 0.1) is 0 Å². The number of nitrogens with one attached hydrogen (secondary N) is 1. The highest BCUT2D eigenvalue weighted by Crippen LogP contribution is 2.22. The van der Waals surface area contributed by atoms with Crippen molar-refractivity contribution in [3.8, 4) is 16.9 Å². The molecule has 0 saturated heterocycles. The molecule has 0 bridgehead atoms. The number of hydrogen-bond acceptors (Lipinski definition) is 5. The van der Waals surface area contributed by atoms with Crippen molar-refractivity contribution in [3.63, 3.8) is 0 Å². The van der Waals surface area contributed by atoms with E-state index < -0.39 is 18.0 Å². The molecule has 0 unspecified atom stereocenters. The zero-order valence-corrected chi connectivity index (χ0v) is 17.1. The first-order valence-corrected chi connectivity index (χ1v) is 9.52. The van der Waals surface area contributed by atoms with Crippen LogP contribution in [-0.4, -0.2) is 37.2 Å². The second-order valence-electron chi connectivity index (χ2n) is 7.10. The van der Waals surface area contributed by atoms with E-state index in [0.717, 1.165) is 16.8 Å². The number of nitrogens with zero attached hydrogens (tertiary/aromatic N) is 1. The van der Waals surface area contributed by atoms with Crippen LogP contribution in [0.15, 0.2) is 72.8 Å². The first-order valence-electron chi connectivity index (χ1n) is 9.52. The monoisotopic (exact) mass is 404 g/mol. The van der Waals surface area contributed by atoms with E-state index in [9.17, 15) is 14.7 Å². The normalized spacial score (nSPS) is 11.4. The third kappa shape index (κ3) is 5.17. The zero-order chi connectivity index (χ0) is 21.7. The summed E-state index contributed by atoms with van der Waals surface area (Å²) in [7, 11) is 3.87. The second kappa shape index (κ2) is 9.13. The van der Waals surface area contributed by atoms with E-state index in [1.165, 1.54) is 6.92 Å². The second-order valence-corrected chi connectivity index (χ2v) is 7.10. The molecule has 0 heterocycles. The van der Waals surface area contributed by atoms with E-state index in [1.54, 1.807) is 60.7 Å². The molecule has 3 aromatic carbocycles. The number of rotatable bonds is 6. The number of phenols is 1. The van der Waals surface area contributed by atoms with Gasteiger partial charge in [-0.2, -0.15) is 0 Å². The molecule has 0 radical (unpaired) electrons. The Hall–Kier alpha value is -3.80. The minimum atomic E-state index is -0.942. The van der Waals surface area contributed by atoms with Gasteiger partial charge in [-0.05, 0) is 66.6 Å². The fraction of sp³-hybridized carbons (Fsp3) is 0.167. The Labute approximate surface area is 175 Å². The summed E-state index contributed by atoms with van der Waals surface area (Å²) in [6.07, 6.45) is -0.942. The summed E-state index contributed by atoms with van der Waals surface area (Å²) < 4.78 is 5.30. The van der Waals surface area contributed by atoms with Crippen LogP contribution in [0.25, 0.3) is 11.1 Å². The van der Waals surface area contributed by atoms with Crippen LogP contribution >= 0.6 is 0 Å². The van der Waals surface area contributed by atoms with Gasteiger partial charge in [0.15, 0.2) is 6.10 Å². The molecule has 0 fully saturated rings. The van der Waals surface area contributed by atoms with Gasteiger partial charge in [0.2, 0.25) is 0 Å². The highest BCUT2D eigenvalue weighted by molar-refractivity contribution is 5.97. The molecule has 30 heavy (non-hydrogen) atoms. The number of esters is 1. The lowest BCUT2D eigenvalue weighted by Crippen LogP contribution is -2.30. The molecule has 6 heteroatoms. The van der Waals surface area contributed by atoms with Gasteiger partial charge in [0.25, 0.3) is 5.91 Å². The van der Waals surface area contributed by atoms with Crippen molar-refractivity contribution in [2.24, 2.45) is 0 Å². The van der Waals surface area contributed by atoms with Gasteiger partial charge in [-0.15, -0.1) is 0 Å². The minimum Gasteiger partial charge on any atom is -0.508 e. The van der Waals surface area contributed by atoms with Crippen molar-refractivity contribution in [2.45, 2.75) is 13.0 Å². The molecular weight excluding hydrogens is 380 g/mol. The summed E-state index contributed by atoms with van der Waals surface area (Å²) in [6, 6.07) is 21.0. The molecule has 1 amide bonds. The average Bonchev–Trinajstić information content (AvgIpc) is 2.74. The molecule has 0 aliphatic rings. The molecule has 3 rings (SSSR count). The zero-order valence-electron chi connectivity index (χ0n) is 17.1. The van der Waals surface area contributed by atoms with E-state index in [-0.39, 0.29) is 5.75 Å². The van der Waals surface area contributed by atoms with Crippen LogP contribution in [0.5, 0.6) is 5.75 Å².